The second-order valence-electron chi connectivity index (χ2n) is 4.85. The molecule has 0 spiro atoms. The summed E-state index contributed by atoms with van der Waals surface area (Å²) in [5.74, 6) is 0.608. The Morgan fingerprint density at radius 1 is 1.19 bits per heavy atom. The molecule has 0 fully saturated rings. The molecule has 0 unspecified atom stereocenters. The molecule has 2 heterocycles. The maximum absolute atomic E-state index is 9.27. The molecule has 1 aromatic carbocycles. The molecule has 0 saturated carbocycles. The number of nitrogens with zero attached hydrogens (tertiary/aromatic N) is 3. The average Bonchev–Trinajstić information content (AvgIpc) is 2.53. The van der Waals surface area contributed by atoms with E-state index < -0.39 is 0 Å². The Balaban J connectivity index is 1.89. The molecule has 2 aromatic heterocycles. The van der Waals surface area contributed by atoms with Crippen LogP contribution in [-0.4, -0.2) is 9.97 Å². The molecule has 3 aromatic rings. The third kappa shape index (κ3) is 2.82. The monoisotopic (exact) mass is 274 g/mol. The lowest BCUT2D eigenvalue weighted by molar-refractivity contribution is 1.07. The van der Waals surface area contributed by atoms with Crippen molar-refractivity contribution in [1.82, 2.24) is 9.97 Å². The van der Waals surface area contributed by atoms with Gasteiger partial charge in [0.25, 0.3) is 0 Å². The minimum atomic E-state index is 0.550. The lowest BCUT2D eigenvalue weighted by Crippen LogP contribution is -2.04. The van der Waals surface area contributed by atoms with Crippen LogP contribution in [0.4, 0.5) is 5.82 Å². The zero-order valence-electron chi connectivity index (χ0n) is 11.7. The van der Waals surface area contributed by atoms with E-state index in [1.165, 1.54) is 0 Å². The molecular weight excluding hydrogens is 260 g/mol. The van der Waals surface area contributed by atoms with Crippen LogP contribution in [0.2, 0.25) is 0 Å². The summed E-state index contributed by atoms with van der Waals surface area (Å²) < 4.78 is 0. The molecule has 4 heteroatoms. The summed E-state index contributed by atoms with van der Waals surface area (Å²) >= 11 is 0. The minimum Gasteiger partial charge on any atom is -0.365 e. The molecule has 0 aliphatic rings. The summed E-state index contributed by atoms with van der Waals surface area (Å²) in [6.07, 6.45) is 1.83. The van der Waals surface area contributed by atoms with Crippen LogP contribution in [0.1, 0.15) is 16.8 Å². The Bertz CT molecular complexity index is 816. The van der Waals surface area contributed by atoms with Gasteiger partial charge in [0.05, 0.1) is 11.1 Å². The van der Waals surface area contributed by atoms with Crippen molar-refractivity contribution in [1.29, 1.82) is 5.26 Å². The van der Waals surface area contributed by atoms with Crippen LogP contribution in [0.25, 0.3) is 10.9 Å². The highest BCUT2D eigenvalue weighted by Gasteiger charge is 2.06. The molecule has 0 aliphatic carbocycles. The van der Waals surface area contributed by atoms with Gasteiger partial charge >= 0.3 is 0 Å². The van der Waals surface area contributed by atoms with Crippen molar-refractivity contribution in [2.45, 2.75) is 13.5 Å². The van der Waals surface area contributed by atoms with Gasteiger partial charge in [-0.05, 0) is 30.7 Å². The maximum Gasteiger partial charge on any atom is 0.144 e. The van der Waals surface area contributed by atoms with Crippen molar-refractivity contribution in [3.63, 3.8) is 0 Å². The van der Waals surface area contributed by atoms with Crippen molar-refractivity contribution >= 4 is 16.7 Å². The van der Waals surface area contributed by atoms with E-state index >= 15 is 0 Å². The number of aryl methyl sites for hydroxylation is 1. The Labute approximate surface area is 123 Å². The fraction of sp³-hybridized carbons (Fsp3) is 0.118. The third-order valence-corrected chi connectivity index (χ3v) is 3.28. The predicted molar refractivity (Wildman–Crippen MR) is 82.8 cm³/mol. The molecule has 1 N–H and O–H groups in total. The second kappa shape index (κ2) is 5.59. The molecule has 4 nitrogen and oxygen atoms in total. The minimum absolute atomic E-state index is 0.550. The van der Waals surface area contributed by atoms with Crippen LogP contribution >= 0.6 is 0 Å². The molecule has 0 bridgehead atoms. The number of nitrogens with one attached hydrogen (secondary N) is 1. The van der Waals surface area contributed by atoms with Gasteiger partial charge in [0, 0.05) is 23.8 Å². The number of nitriles is 1. The van der Waals surface area contributed by atoms with E-state index in [9.17, 15) is 5.26 Å². The highest BCUT2D eigenvalue weighted by atomic mass is 15.0. The van der Waals surface area contributed by atoms with E-state index in [1.807, 2.05) is 55.6 Å². The van der Waals surface area contributed by atoms with Crippen LogP contribution in [0, 0.1) is 18.3 Å². The number of benzene rings is 1. The first-order valence-electron chi connectivity index (χ1n) is 6.71. The first-order valence-corrected chi connectivity index (χ1v) is 6.71. The SMILES string of the molecule is Cc1ccc(CNc2nc3ccccc3cc2C#N)cn1. The summed E-state index contributed by atoms with van der Waals surface area (Å²) in [4.78, 5) is 8.78. The fourth-order valence-electron chi connectivity index (χ4n) is 2.12. The van der Waals surface area contributed by atoms with E-state index in [0.29, 0.717) is 17.9 Å². The molecule has 3 rings (SSSR count). The summed E-state index contributed by atoms with van der Waals surface area (Å²) in [7, 11) is 0. The van der Waals surface area contributed by atoms with Crippen LogP contribution in [0.3, 0.4) is 0 Å². The normalized spacial score (nSPS) is 10.3. The second-order valence-corrected chi connectivity index (χ2v) is 4.85. The average molecular weight is 274 g/mol. The highest BCUT2D eigenvalue weighted by molar-refractivity contribution is 5.82. The van der Waals surface area contributed by atoms with Crippen molar-refractivity contribution < 1.29 is 0 Å². The van der Waals surface area contributed by atoms with Crippen LogP contribution in [-0.2, 0) is 6.54 Å². The number of hydrogen-bond donors (Lipinski definition) is 1. The number of rotatable bonds is 3. The molecule has 0 saturated heterocycles. The van der Waals surface area contributed by atoms with Gasteiger partial charge in [0.2, 0.25) is 0 Å². The quantitative estimate of drug-likeness (QED) is 0.795. The van der Waals surface area contributed by atoms with E-state index in [0.717, 1.165) is 22.2 Å². The number of anilines is 1. The van der Waals surface area contributed by atoms with Gasteiger partial charge in [-0.2, -0.15) is 5.26 Å². The smallest absolute Gasteiger partial charge is 0.144 e. The van der Waals surface area contributed by atoms with E-state index in [2.05, 4.69) is 21.4 Å². The zero-order valence-corrected chi connectivity index (χ0v) is 11.7. The highest BCUT2D eigenvalue weighted by Crippen LogP contribution is 2.20. The number of para-hydroxylation sites is 1. The van der Waals surface area contributed by atoms with Crippen LogP contribution < -0.4 is 5.32 Å². The Morgan fingerprint density at radius 2 is 2.05 bits per heavy atom. The largest absolute Gasteiger partial charge is 0.365 e. The lowest BCUT2D eigenvalue weighted by atomic mass is 10.1. The molecular formula is C17H14N4. The Morgan fingerprint density at radius 3 is 2.81 bits per heavy atom. The Hall–Kier alpha value is -2.93. The van der Waals surface area contributed by atoms with E-state index in [-0.39, 0.29) is 0 Å². The summed E-state index contributed by atoms with van der Waals surface area (Å²) in [6.45, 7) is 2.54. The number of fused-ring (bicyclic) bond motifs is 1. The first-order chi connectivity index (χ1) is 10.3. The number of hydrogen-bond acceptors (Lipinski definition) is 4. The number of aromatic nitrogens is 2. The standard InChI is InChI=1S/C17H14N4/c1-12-6-7-13(10-19-12)11-20-17-15(9-18)8-14-4-2-3-5-16(14)21-17/h2-8,10H,11H2,1H3,(H,20,21). The fourth-order valence-corrected chi connectivity index (χ4v) is 2.12. The van der Waals surface area contributed by atoms with Crippen molar-refractivity contribution in [2.24, 2.45) is 0 Å². The molecule has 102 valence electrons. The lowest BCUT2D eigenvalue weighted by Gasteiger charge is -2.09. The van der Waals surface area contributed by atoms with Gasteiger partial charge in [0.1, 0.15) is 11.9 Å². The summed E-state index contributed by atoms with van der Waals surface area (Å²) in [6, 6.07) is 15.8. The topological polar surface area (TPSA) is 61.6 Å². The van der Waals surface area contributed by atoms with Crippen molar-refractivity contribution in [3.8, 4) is 6.07 Å². The van der Waals surface area contributed by atoms with Crippen molar-refractivity contribution in [2.75, 3.05) is 5.32 Å². The van der Waals surface area contributed by atoms with Crippen LogP contribution in [0.15, 0.2) is 48.7 Å². The molecule has 0 amide bonds. The zero-order chi connectivity index (χ0) is 14.7. The Kier molecular flexibility index (Phi) is 3.48. The van der Waals surface area contributed by atoms with Gasteiger partial charge in [-0.3, -0.25) is 4.98 Å². The van der Waals surface area contributed by atoms with Crippen molar-refractivity contribution in [3.05, 3.63) is 65.5 Å². The predicted octanol–water partition coefficient (Wildman–Crippen LogP) is 3.42. The van der Waals surface area contributed by atoms with Gasteiger partial charge in [0.15, 0.2) is 0 Å². The molecule has 0 atom stereocenters. The maximum atomic E-state index is 9.27. The van der Waals surface area contributed by atoms with E-state index in [1.54, 1.807) is 0 Å². The van der Waals surface area contributed by atoms with E-state index in [4.69, 9.17) is 0 Å². The molecule has 21 heavy (non-hydrogen) atoms. The first kappa shape index (κ1) is 13.1. The third-order valence-electron chi connectivity index (χ3n) is 3.28. The van der Waals surface area contributed by atoms with Gasteiger partial charge < -0.3 is 5.32 Å². The number of pyridine rings is 2. The van der Waals surface area contributed by atoms with Gasteiger partial charge in [-0.1, -0.05) is 24.3 Å². The molecule has 0 radical (unpaired) electrons. The molecule has 0 aliphatic heterocycles. The van der Waals surface area contributed by atoms with Gasteiger partial charge in [-0.25, -0.2) is 4.98 Å². The van der Waals surface area contributed by atoms with Gasteiger partial charge in [-0.15, -0.1) is 0 Å². The van der Waals surface area contributed by atoms with Crippen LogP contribution in [0.5, 0.6) is 0 Å². The summed E-state index contributed by atoms with van der Waals surface area (Å²) in [5, 5.41) is 13.5. The summed E-state index contributed by atoms with van der Waals surface area (Å²) in [5.41, 5.74) is 3.47.